The topological polar surface area (TPSA) is 32.3 Å². The van der Waals surface area contributed by atoms with Gasteiger partial charge in [-0.05, 0) is 44.8 Å². The van der Waals surface area contributed by atoms with Gasteiger partial charge in [0.25, 0.3) is 0 Å². The zero-order chi connectivity index (χ0) is 13.5. The normalized spacial score (nSPS) is 17.3. The summed E-state index contributed by atoms with van der Waals surface area (Å²) < 4.78 is 0. The molecular weight excluding hydrogens is 236 g/mol. The summed E-state index contributed by atoms with van der Waals surface area (Å²) in [5.74, 6) is 0.176. The second-order valence-electron chi connectivity index (χ2n) is 5.38. The van der Waals surface area contributed by atoms with Crippen LogP contribution < -0.4 is 5.32 Å². The molecule has 0 radical (unpaired) electrons. The van der Waals surface area contributed by atoms with Gasteiger partial charge in [0.05, 0.1) is 0 Å². The average Bonchev–Trinajstić information content (AvgIpc) is 2.94. The largest absolute Gasteiger partial charge is 0.356 e. The second kappa shape index (κ2) is 7.29. The minimum atomic E-state index is 0.176. The minimum Gasteiger partial charge on any atom is -0.356 e. The Kier molecular flexibility index (Phi) is 5.40. The lowest BCUT2D eigenvalue weighted by molar-refractivity contribution is -0.122. The zero-order valence-electron chi connectivity index (χ0n) is 11.8. The minimum absolute atomic E-state index is 0.176. The Labute approximate surface area is 116 Å². The lowest BCUT2D eigenvalue weighted by Gasteiger charge is -2.23. The third-order valence-corrected chi connectivity index (χ3v) is 3.82. The van der Waals surface area contributed by atoms with Crippen LogP contribution in [0.2, 0.25) is 0 Å². The Morgan fingerprint density at radius 2 is 1.95 bits per heavy atom. The molecule has 0 aliphatic carbocycles. The number of benzene rings is 1. The van der Waals surface area contributed by atoms with Crippen molar-refractivity contribution in [1.29, 1.82) is 0 Å². The monoisotopic (exact) mass is 260 g/mol. The van der Waals surface area contributed by atoms with Gasteiger partial charge in [0.1, 0.15) is 0 Å². The highest BCUT2D eigenvalue weighted by atomic mass is 16.1. The molecule has 1 fully saturated rings. The van der Waals surface area contributed by atoms with E-state index in [2.05, 4.69) is 29.3 Å². The van der Waals surface area contributed by atoms with Crippen molar-refractivity contribution in [2.45, 2.75) is 38.6 Å². The second-order valence-corrected chi connectivity index (χ2v) is 5.38. The van der Waals surface area contributed by atoms with Crippen LogP contribution in [0.4, 0.5) is 0 Å². The first kappa shape index (κ1) is 14.1. The summed E-state index contributed by atoms with van der Waals surface area (Å²) in [5, 5.41) is 3.02. The fourth-order valence-electron chi connectivity index (χ4n) is 2.64. The first-order chi connectivity index (χ1) is 9.25. The maximum Gasteiger partial charge on any atom is 0.221 e. The van der Waals surface area contributed by atoms with E-state index in [1.54, 1.807) is 0 Å². The fraction of sp³-hybridized carbons (Fsp3) is 0.562. The number of hydrogen-bond acceptors (Lipinski definition) is 2. The molecule has 1 aliphatic heterocycles. The van der Waals surface area contributed by atoms with Gasteiger partial charge >= 0.3 is 0 Å². The first-order valence-electron chi connectivity index (χ1n) is 7.30. The summed E-state index contributed by atoms with van der Waals surface area (Å²) >= 11 is 0. The van der Waals surface area contributed by atoms with Crippen molar-refractivity contribution in [3.63, 3.8) is 0 Å². The van der Waals surface area contributed by atoms with Crippen molar-refractivity contribution in [2.24, 2.45) is 0 Å². The number of nitrogens with one attached hydrogen (secondary N) is 1. The summed E-state index contributed by atoms with van der Waals surface area (Å²) in [5.41, 5.74) is 1.27. The Hall–Kier alpha value is -1.35. The molecule has 1 heterocycles. The maximum atomic E-state index is 11.9. The Bertz CT molecular complexity index is 385. The Morgan fingerprint density at radius 1 is 1.26 bits per heavy atom. The van der Waals surface area contributed by atoms with Crippen LogP contribution in [0.5, 0.6) is 0 Å². The molecule has 3 heteroatoms. The van der Waals surface area contributed by atoms with E-state index in [0.29, 0.717) is 12.5 Å². The van der Waals surface area contributed by atoms with Gasteiger partial charge in [0.15, 0.2) is 0 Å². The lowest BCUT2D eigenvalue weighted by Crippen LogP contribution is -2.36. The smallest absolute Gasteiger partial charge is 0.221 e. The van der Waals surface area contributed by atoms with Crippen LogP contribution in [-0.2, 0) is 11.2 Å². The Morgan fingerprint density at radius 3 is 2.63 bits per heavy atom. The predicted molar refractivity (Wildman–Crippen MR) is 78.0 cm³/mol. The molecule has 3 nitrogen and oxygen atoms in total. The summed E-state index contributed by atoms with van der Waals surface area (Å²) in [6.45, 7) is 5.19. The van der Waals surface area contributed by atoms with Crippen molar-refractivity contribution < 1.29 is 4.79 Å². The molecule has 1 saturated heterocycles. The molecule has 0 bridgehead atoms. The van der Waals surface area contributed by atoms with Gasteiger partial charge in [-0.1, -0.05) is 30.3 Å². The number of carbonyl (C=O) groups excluding carboxylic acids is 1. The molecule has 1 atom stereocenters. The number of carbonyl (C=O) groups is 1. The van der Waals surface area contributed by atoms with Crippen LogP contribution in [0.15, 0.2) is 30.3 Å². The van der Waals surface area contributed by atoms with Crippen LogP contribution in [0.25, 0.3) is 0 Å². The van der Waals surface area contributed by atoms with Gasteiger partial charge in [-0.25, -0.2) is 0 Å². The van der Waals surface area contributed by atoms with Crippen molar-refractivity contribution in [1.82, 2.24) is 10.2 Å². The molecule has 1 aromatic carbocycles. The molecule has 1 aliphatic rings. The molecule has 1 N–H and O–H groups in total. The number of likely N-dealkylation sites (tertiary alicyclic amines) is 1. The van der Waals surface area contributed by atoms with E-state index in [-0.39, 0.29) is 5.91 Å². The number of nitrogens with zero attached hydrogens (tertiary/aromatic N) is 1. The van der Waals surface area contributed by atoms with Gasteiger partial charge in [0.2, 0.25) is 5.91 Å². The lowest BCUT2D eigenvalue weighted by atomic mass is 10.1. The van der Waals surface area contributed by atoms with Gasteiger partial charge in [-0.3, -0.25) is 4.79 Å². The van der Waals surface area contributed by atoms with Gasteiger partial charge in [-0.2, -0.15) is 0 Å². The van der Waals surface area contributed by atoms with Crippen molar-refractivity contribution >= 4 is 5.91 Å². The third kappa shape index (κ3) is 4.67. The number of amides is 1. The van der Waals surface area contributed by atoms with E-state index in [4.69, 9.17) is 0 Å². The summed E-state index contributed by atoms with van der Waals surface area (Å²) in [6, 6.07) is 10.6. The fourth-order valence-corrected chi connectivity index (χ4v) is 2.64. The highest BCUT2D eigenvalue weighted by Crippen LogP contribution is 2.13. The van der Waals surface area contributed by atoms with Gasteiger partial charge < -0.3 is 10.2 Å². The van der Waals surface area contributed by atoms with Crippen LogP contribution in [-0.4, -0.2) is 36.5 Å². The van der Waals surface area contributed by atoms with E-state index < -0.39 is 0 Å². The Balaban J connectivity index is 1.64. The van der Waals surface area contributed by atoms with Crippen LogP contribution >= 0.6 is 0 Å². The standard InChI is InChI=1S/C16H24N2O/c1-14(18-11-5-6-12-18)13-16(19)17-10-9-15-7-3-2-4-8-15/h2-4,7-8,14H,5-6,9-13H2,1H3,(H,17,19)/t14-/m0/s1. The highest BCUT2D eigenvalue weighted by Gasteiger charge is 2.19. The molecule has 0 aromatic heterocycles. The molecule has 0 spiro atoms. The van der Waals surface area contributed by atoms with Crippen LogP contribution in [0.1, 0.15) is 31.7 Å². The van der Waals surface area contributed by atoms with Gasteiger partial charge in [0, 0.05) is 19.0 Å². The van der Waals surface area contributed by atoms with Crippen molar-refractivity contribution in [2.75, 3.05) is 19.6 Å². The molecule has 0 unspecified atom stereocenters. The molecule has 104 valence electrons. The van der Waals surface area contributed by atoms with Crippen LogP contribution in [0, 0.1) is 0 Å². The molecule has 1 amide bonds. The zero-order valence-corrected chi connectivity index (χ0v) is 11.8. The van der Waals surface area contributed by atoms with E-state index >= 15 is 0 Å². The van der Waals surface area contributed by atoms with Gasteiger partial charge in [-0.15, -0.1) is 0 Å². The third-order valence-electron chi connectivity index (χ3n) is 3.82. The number of rotatable bonds is 6. The van der Waals surface area contributed by atoms with E-state index in [1.807, 2.05) is 18.2 Å². The maximum absolute atomic E-state index is 11.9. The average molecular weight is 260 g/mol. The molecular formula is C16H24N2O. The van der Waals surface area contributed by atoms with E-state index in [1.165, 1.54) is 18.4 Å². The number of hydrogen-bond donors (Lipinski definition) is 1. The van der Waals surface area contributed by atoms with Crippen molar-refractivity contribution in [3.8, 4) is 0 Å². The SMILES string of the molecule is C[C@@H](CC(=O)NCCc1ccccc1)N1CCCC1. The molecule has 1 aromatic rings. The van der Waals surface area contributed by atoms with E-state index in [0.717, 1.165) is 26.1 Å². The quantitative estimate of drug-likeness (QED) is 0.850. The summed E-state index contributed by atoms with van der Waals surface area (Å²) in [6.07, 6.45) is 4.08. The van der Waals surface area contributed by atoms with Crippen LogP contribution in [0.3, 0.4) is 0 Å². The summed E-state index contributed by atoms with van der Waals surface area (Å²) in [7, 11) is 0. The molecule has 19 heavy (non-hydrogen) atoms. The molecule has 0 saturated carbocycles. The molecule has 2 rings (SSSR count). The van der Waals surface area contributed by atoms with E-state index in [9.17, 15) is 4.79 Å². The highest BCUT2D eigenvalue weighted by molar-refractivity contribution is 5.76. The van der Waals surface area contributed by atoms with Crippen molar-refractivity contribution in [3.05, 3.63) is 35.9 Å². The first-order valence-corrected chi connectivity index (χ1v) is 7.30. The predicted octanol–water partition coefficient (Wildman–Crippen LogP) is 2.22. The summed E-state index contributed by atoms with van der Waals surface area (Å²) in [4.78, 5) is 14.3.